The molecule has 3 aromatic heterocycles. The number of fused-ring (bicyclic) bond motifs is 3. The van der Waals surface area contributed by atoms with E-state index in [0.717, 1.165) is 39.7 Å². The fourth-order valence-electron chi connectivity index (χ4n) is 11.8. The number of aromatic hydroxyl groups is 1. The Morgan fingerprint density at radius 1 is 0.347 bits per heavy atom. The van der Waals surface area contributed by atoms with Crippen LogP contribution in [-0.4, -0.2) is 124 Å². The number of nitrogen functional groups attached to an aromatic ring is 5. The molecule has 16 aromatic rings. The molecule has 13 aromatic carbocycles. The highest BCUT2D eigenvalue weighted by Gasteiger charge is 2.23. The van der Waals surface area contributed by atoms with Crippen molar-refractivity contribution in [2.45, 2.75) is 71.2 Å². The maximum Gasteiger partial charge on any atom is 0.265 e. The summed E-state index contributed by atoms with van der Waals surface area (Å²) in [6.45, 7) is 0.207. The summed E-state index contributed by atoms with van der Waals surface area (Å²) in [4.78, 5) is 20.6. The van der Waals surface area contributed by atoms with Gasteiger partial charge in [-0.2, -0.15) is 10.9 Å². The molecule has 0 aliphatic heterocycles. The van der Waals surface area contributed by atoms with Crippen LogP contribution in [0.3, 0.4) is 0 Å². The van der Waals surface area contributed by atoms with Crippen LogP contribution in [0, 0.1) is 0 Å². The smallest absolute Gasteiger partial charge is 0.265 e. The highest BCUT2D eigenvalue weighted by atomic mass is 32.3. The number of nitrogens with two attached hydrogens (primary N) is 13. The SMILES string of the molecule is NOOSc1ccccc1NS(=O)(=O)c1ccc(N)cc1.NS(=O)(=O)c1cccc2ccccc12.NS(=O)(=O)c1cccc2cccnc12.NS(=O)(=O)c1nc2ccc(O)cc2s1.Nc1ccc(S(=O)(=O)NCCc2ccc(S(N)(=O)=O)cc2)cc1.Nc1ccc(S(=O)(=O)NCc2ccc(S(N)(=O)=O)cc2)cc1.Nc1ccc(S(=O)(=O)Nc2ccc(S(N)(=O)=O)cc2)cc1.Nc1nccc(Nc2ccc(S(N)(=O)=O)cc2)n1. The van der Waals surface area contributed by atoms with E-state index >= 15 is 0 Å². The van der Waals surface area contributed by atoms with E-state index in [1.165, 1.54) is 213 Å². The molecule has 32 N–H and O–H groups in total. The van der Waals surface area contributed by atoms with Crippen LogP contribution in [-0.2, 0) is 133 Å². The average molecular weight is 2260 g/mol. The van der Waals surface area contributed by atoms with Crippen molar-refractivity contribution in [2.75, 3.05) is 50.0 Å². The molecule has 778 valence electrons. The summed E-state index contributed by atoms with van der Waals surface area (Å²) in [5.74, 6) is 5.51. The van der Waals surface area contributed by atoms with Crippen molar-refractivity contribution < 1.29 is 107 Å². The summed E-state index contributed by atoms with van der Waals surface area (Å²) in [7, 11) is -40.8. The number of primary sulfonamides is 7. The third kappa shape index (κ3) is 36.6. The average Bonchev–Trinajstić information content (AvgIpc) is 1.78. The molecule has 0 aliphatic carbocycles. The van der Waals surface area contributed by atoms with Gasteiger partial charge in [0.2, 0.25) is 90.5 Å². The first-order valence-electron chi connectivity index (χ1n) is 40.8. The van der Waals surface area contributed by atoms with Gasteiger partial charge >= 0.3 is 0 Å². The second-order valence-corrected chi connectivity index (χ2v) is 49.4. The number of phenols is 1. The second kappa shape index (κ2) is 50.4. The number of hydrogen-bond donors (Lipinski definition) is 19. The Bertz CT molecular complexity index is 8600. The summed E-state index contributed by atoms with van der Waals surface area (Å²) in [6, 6.07) is 79.3. The third-order valence-corrected chi connectivity index (χ3v) is 33.2. The Balaban J connectivity index is 0.000000188. The highest BCUT2D eigenvalue weighted by Crippen LogP contribution is 2.32. The maximum atomic E-state index is 12.3. The van der Waals surface area contributed by atoms with E-state index in [1.54, 1.807) is 97.1 Å². The molecule has 0 spiro atoms. The number of benzene rings is 13. The van der Waals surface area contributed by atoms with Gasteiger partial charge in [-0.3, -0.25) is 14.4 Å². The summed E-state index contributed by atoms with van der Waals surface area (Å²) >= 11 is 1.73. The molecule has 0 saturated heterocycles. The predicted octanol–water partition coefficient (Wildman–Crippen LogP) is 6.92. The first kappa shape index (κ1) is 117. The van der Waals surface area contributed by atoms with Crippen molar-refractivity contribution in [2.24, 2.45) is 41.9 Å². The molecule has 0 unspecified atom stereocenters. The van der Waals surface area contributed by atoms with Crippen molar-refractivity contribution in [3.8, 4) is 5.75 Å². The minimum atomic E-state index is -3.81. The number of thiazole rings is 1. The van der Waals surface area contributed by atoms with Crippen LogP contribution in [0.2, 0.25) is 0 Å². The molecule has 47 nitrogen and oxygen atoms in total. The van der Waals surface area contributed by atoms with E-state index in [1.807, 2.05) is 18.2 Å². The molecule has 0 fully saturated rings. The van der Waals surface area contributed by atoms with E-state index < -0.39 is 110 Å². The summed E-state index contributed by atoms with van der Waals surface area (Å²) in [6.07, 6.45) is 3.47. The number of sulfonamides is 11. The summed E-state index contributed by atoms with van der Waals surface area (Å²) in [5, 5.41) is 49.4. The van der Waals surface area contributed by atoms with Crippen LogP contribution < -0.4 is 94.7 Å². The zero-order valence-corrected chi connectivity index (χ0v) is 86.3. The Hall–Kier alpha value is -14.0. The van der Waals surface area contributed by atoms with Gasteiger partial charge in [-0.25, -0.2) is 148 Å². The van der Waals surface area contributed by atoms with Gasteiger partial charge in [-0.1, -0.05) is 91.0 Å². The van der Waals surface area contributed by atoms with Crippen LogP contribution in [0.15, 0.2) is 386 Å². The molecule has 147 heavy (non-hydrogen) atoms. The van der Waals surface area contributed by atoms with Crippen molar-refractivity contribution in [3.63, 3.8) is 0 Å². The summed E-state index contributed by atoms with van der Waals surface area (Å²) < 4.78 is 267. The van der Waals surface area contributed by atoms with Gasteiger partial charge in [0.05, 0.1) is 82.4 Å². The van der Waals surface area contributed by atoms with E-state index in [2.05, 4.69) is 53.5 Å². The van der Waals surface area contributed by atoms with Gasteiger partial charge in [-0.15, -0.1) is 20.7 Å². The lowest BCUT2D eigenvalue weighted by molar-refractivity contribution is -0.195. The molecular formula is C87H92N22O25S13. The molecule has 0 aliphatic rings. The van der Waals surface area contributed by atoms with Crippen LogP contribution >= 0.6 is 23.4 Å². The van der Waals surface area contributed by atoms with Gasteiger partial charge in [0.15, 0.2) is 0 Å². The molecule has 16 rings (SSSR count). The second-order valence-electron chi connectivity index (χ2n) is 29.7. The Morgan fingerprint density at radius 3 is 1.22 bits per heavy atom. The van der Waals surface area contributed by atoms with E-state index in [0.29, 0.717) is 77.9 Å². The van der Waals surface area contributed by atoms with Crippen molar-refractivity contribution in [1.29, 1.82) is 0 Å². The number of phenolic OH excluding ortho intramolecular Hbond substituents is 1. The fraction of sp³-hybridized carbons (Fsp3) is 0.0345. The topological polar surface area (TPSA) is 864 Å². The van der Waals surface area contributed by atoms with Crippen LogP contribution in [0.4, 0.5) is 51.6 Å². The number of hydrogen-bond acceptors (Lipinski definition) is 38. The molecule has 60 heteroatoms. The Labute approximate surface area is 854 Å². The van der Waals surface area contributed by atoms with Crippen LogP contribution in [0.25, 0.3) is 31.9 Å². The predicted molar refractivity (Wildman–Crippen MR) is 559 cm³/mol. The summed E-state index contributed by atoms with van der Waals surface area (Å²) in [5.41, 5.74) is 32.9. The van der Waals surface area contributed by atoms with Gasteiger partial charge in [0, 0.05) is 70.4 Å². The molecule has 0 radical (unpaired) electrons. The number of aromatic nitrogens is 4. The normalized spacial score (nSPS) is 11.8. The third-order valence-electron chi connectivity index (χ3n) is 18.9. The standard InChI is InChI=1S/C14H17N3O4S2.C13H15N3O4S2.2C12H13N3O4S2.C10H11N5O2S.C10H9NO2S.C9H8N2O2S.C7H6N2O3S2/c15-12-3-7-14(8-4-12)23(20,21)17-10-9-11-1-5-13(6-2-11)22(16,18)19;14-11-3-7-13(8-4-11)22(19,20)16-9-10-1-5-12(6-2-10)21(15,17)18;13-9-1-5-12(6-2-9)21(18,19)15-10-3-7-11(8-4-10)20(14,16)17;13-9-5-7-10(8-6-9)21(16,17)15-11-3-1-2-4-12(11)20-19-18-14;11-10-13-6-5-9(15-10)14-7-1-3-8(4-2-7)18(12,16)17;11-14(12,13)10-7-3-5-8-4-1-2-6-9(8)10;10-14(12,13)8-5-1-3-7-4-2-6-11-9(7)8;8-14(11,12)7-9-5-2-1-4(10)3-6(5)13-7/h1-8,17H,9-10,15H2,(H2,16,18,19);1-8,16H,9,14H2,(H2,15,17,18);1-8,15H,13H2,(H2,14,16,17);1-8,15H,13-14H2;1-6H,(H2,12,16,17)(H3,11,13,14,15);1-7H,(H2,11,12,13);1-6H,(H2,10,12,13);1-3,10H,(H2,8,11,12). The molecule has 0 bridgehead atoms. The number of anilines is 9. The van der Waals surface area contributed by atoms with Crippen LogP contribution in [0.5, 0.6) is 5.75 Å². The first-order valence-corrected chi connectivity index (χ1v) is 59.1. The zero-order valence-electron chi connectivity index (χ0n) is 75.6. The molecule has 0 amide bonds. The van der Waals surface area contributed by atoms with Gasteiger partial charge < -0.3 is 39.1 Å². The minimum absolute atomic E-state index is 0.0173. The van der Waals surface area contributed by atoms with E-state index in [9.17, 15) is 92.6 Å². The molecule has 0 atom stereocenters. The quantitative estimate of drug-likeness (QED) is 0.0107. The van der Waals surface area contributed by atoms with Crippen molar-refractivity contribution >= 4 is 217 Å². The molecule has 0 saturated carbocycles. The minimum Gasteiger partial charge on any atom is -0.508 e. The zero-order chi connectivity index (χ0) is 108. The monoisotopic (exact) mass is 2260 g/mol. The fourth-order valence-corrected chi connectivity index (χ4v) is 21.7. The number of para-hydroxylation sites is 2. The highest BCUT2D eigenvalue weighted by molar-refractivity contribution is 7.95. The number of rotatable bonds is 27. The van der Waals surface area contributed by atoms with E-state index in [-0.39, 0.29) is 83.8 Å². The first-order chi connectivity index (χ1) is 68.7. The lowest BCUT2D eigenvalue weighted by atomic mass is 10.1. The molecular weight excluding hydrogens is 2170 g/mol. The molecule has 3 heterocycles. The number of nitrogens with zero attached hydrogens (tertiary/aromatic N) is 4. The van der Waals surface area contributed by atoms with Crippen molar-refractivity contribution in [1.82, 2.24) is 29.4 Å². The lowest BCUT2D eigenvalue weighted by Gasteiger charge is -2.11. The van der Waals surface area contributed by atoms with E-state index in [4.69, 9.17) is 75.6 Å². The van der Waals surface area contributed by atoms with Gasteiger partial charge in [0.25, 0.3) is 30.1 Å². The maximum absolute atomic E-state index is 12.3. The number of pyridine rings is 1. The Kier molecular flexibility index (Phi) is 40.0. The lowest BCUT2D eigenvalue weighted by Crippen LogP contribution is -2.26. The van der Waals surface area contributed by atoms with Crippen molar-refractivity contribution in [3.05, 3.63) is 339 Å². The Morgan fingerprint density at radius 2 is 0.755 bits per heavy atom. The number of nitrogens with one attached hydrogen (secondary N) is 5. The van der Waals surface area contributed by atoms with Gasteiger partial charge in [-0.05, 0) is 247 Å². The largest absolute Gasteiger partial charge is 0.508 e. The van der Waals surface area contributed by atoms with Gasteiger partial charge in [0.1, 0.15) is 16.5 Å². The van der Waals surface area contributed by atoms with Crippen LogP contribution in [0.1, 0.15) is 11.1 Å².